The number of aliphatic hydroxyl groups excluding tert-OH is 1. The second kappa shape index (κ2) is 4.40. The van der Waals surface area contributed by atoms with E-state index < -0.39 is 11.9 Å². The van der Waals surface area contributed by atoms with Crippen molar-refractivity contribution in [2.75, 3.05) is 0 Å². The zero-order valence-electron chi connectivity index (χ0n) is 8.84. The molecule has 0 aliphatic carbocycles. The van der Waals surface area contributed by atoms with Crippen molar-refractivity contribution in [3.05, 3.63) is 48.1 Å². The Hall–Kier alpha value is -1.75. The van der Waals surface area contributed by atoms with Gasteiger partial charge in [-0.2, -0.15) is 0 Å². The number of rotatable bonds is 3. The standard InChI is InChI=1S/C11H12FN3O/c1-2-15-7-14-6-10(15)11(16)8-3-4-13-5-9(8)12/h3-7,11,16H,2H2,1H3. The van der Waals surface area contributed by atoms with Gasteiger partial charge in [0.15, 0.2) is 0 Å². The normalized spacial score (nSPS) is 12.7. The van der Waals surface area contributed by atoms with Gasteiger partial charge in [-0.1, -0.05) is 0 Å². The van der Waals surface area contributed by atoms with E-state index in [0.29, 0.717) is 12.2 Å². The van der Waals surface area contributed by atoms with Crippen LogP contribution >= 0.6 is 0 Å². The van der Waals surface area contributed by atoms with E-state index in [1.165, 1.54) is 18.5 Å². The lowest BCUT2D eigenvalue weighted by molar-refractivity contribution is 0.205. The average Bonchev–Trinajstić information content (AvgIpc) is 2.77. The summed E-state index contributed by atoms with van der Waals surface area (Å²) in [7, 11) is 0. The van der Waals surface area contributed by atoms with E-state index in [-0.39, 0.29) is 5.56 Å². The van der Waals surface area contributed by atoms with Crippen molar-refractivity contribution in [3.63, 3.8) is 0 Å². The van der Waals surface area contributed by atoms with Gasteiger partial charge in [-0.3, -0.25) is 4.98 Å². The Balaban J connectivity index is 2.39. The summed E-state index contributed by atoms with van der Waals surface area (Å²) < 4.78 is 15.2. The maximum absolute atomic E-state index is 13.4. The summed E-state index contributed by atoms with van der Waals surface area (Å²) in [4.78, 5) is 7.58. The van der Waals surface area contributed by atoms with Crippen LogP contribution in [0.15, 0.2) is 31.0 Å². The minimum atomic E-state index is -1.01. The van der Waals surface area contributed by atoms with Crippen molar-refractivity contribution >= 4 is 0 Å². The number of aromatic nitrogens is 3. The van der Waals surface area contributed by atoms with E-state index in [1.54, 1.807) is 10.9 Å². The molecular formula is C11H12FN3O. The molecule has 2 rings (SSSR count). The van der Waals surface area contributed by atoms with E-state index in [4.69, 9.17) is 0 Å². The average molecular weight is 221 g/mol. The summed E-state index contributed by atoms with van der Waals surface area (Å²) in [5, 5.41) is 10.0. The van der Waals surface area contributed by atoms with Crippen molar-refractivity contribution in [2.45, 2.75) is 19.6 Å². The number of imidazole rings is 1. The maximum atomic E-state index is 13.4. The molecule has 0 saturated heterocycles. The van der Waals surface area contributed by atoms with Crippen LogP contribution in [0.4, 0.5) is 4.39 Å². The Kier molecular flexibility index (Phi) is 2.96. The Bertz CT molecular complexity index is 484. The van der Waals surface area contributed by atoms with Gasteiger partial charge in [0.25, 0.3) is 0 Å². The molecule has 2 aromatic rings. The van der Waals surface area contributed by atoms with Gasteiger partial charge in [-0.25, -0.2) is 9.37 Å². The van der Waals surface area contributed by atoms with Crippen LogP contribution in [-0.4, -0.2) is 19.6 Å². The number of hydrogen-bond donors (Lipinski definition) is 1. The van der Waals surface area contributed by atoms with Crippen LogP contribution in [0.3, 0.4) is 0 Å². The first-order valence-electron chi connectivity index (χ1n) is 5.01. The third-order valence-electron chi connectivity index (χ3n) is 2.46. The monoisotopic (exact) mass is 221 g/mol. The minimum Gasteiger partial charge on any atom is -0.382 e. The molecule has 0 aliphatic heterocycles. The molecule has 0 aromatic carbocycles. The fourth-order valence-corrected chi connectivity index (χ4v) is 1.59. The number of halogens is 1. The Labute approximate surface area is 92.4 Å². The number of hydrogen-bond acceptors (Lipinski definition) is 3. The van der Waals surface area contributed by atoms with Crippen molar-refractivity contribution in [1.29, 1.82) is 0 Å². The predicted octanol–water partition coefficient (Wildman–Crippen LogP) is 1.52. The minimum absolute atomic E-state index is 0.213. The topological polar surface area (TPSA) is 50.9 Å². The van der Waals surface area contributed by atoms with Gasteiger partial charge < -0.3 is 9.67 Å². The molecule has 4 nitrogen and oxygen atoms in total. The summed E-state index contributed by atoms with van der Waals surface area (Å²) in [6.45, 7) is 2.61. The fraction of sp³-hybridized carbons (Fsp3) is 0.273. The zero-order chi connectivity index (χ0) is 11.5. The molecule has 0 saturated carbocycles. The van der Waals surface area contributed by atoms with Gasteiger partial charge in [0.05, 0.1) is 24.4 Å². The second-order valence-electron chi connectivity index (χ2n) is 3.40. The first kappa shape index (κ1) is 10.8. The molecule has 0 amide bonds. The molecule has 0 radical (unpaired) electrons. The van der Waals surface area contributed by atoms with Crippen LogP contribution in [0.2, 0.25) is 0 Å². The highest BCUT2D eigenvalue weighted by Crippen LogP contribution is 2.23. The molecule has 5 heteroatoms. The number of aryl methyl sites for hydroxylation is 1. The molecular weight excluding hydrogens is 209 g/mol. The molecule has 1 atom stereocenters. The molecule has 0 spiro atoms. The van der Waals surface area contributed by atoms with Crippen LogP contribution in [0.5, 0.6) is 0 Å². The van der Waals surface area contributed by atoms with Crippen LogP contribution in [0.1, 0.15) is 24.3 Å². The summed E-state index contributed by atoms with van der Waals surface area (Å²) in [5.41, 5.74) is 0.790. The lowest BCUT2D eigenvalue weighted by Crippen LogP contribution is -2.08. The predicted molar refractivity (Wildman–Crippen MR) is 56.2 cm³/mol. The summed E-state index contributed by atoms with van der Waals surface area (Å²) >= 11 is 0. The van der Waals surface area contributed by atoms with E-state index in [2.05, 4.69) is 9.97 Å². The van der Waals surface area contributed by atoms with E-state index >= 15 is 0 Å². The molecule has 0 fully saturated rings. The quantitative estimate of drug-likeness (QED) is 0.854. The molecule has 0 bridgehead atoms. The highest BCUT2D eigenvalue weighted by Gasteiger charge is 2.17. The van der Waals surface area contributed by atoms with Crippen molar-refractivity contribution in [3.8, 4) is 0 Å². The molecule has 84 valence electrons. The summed E-state index contributed by atoms with van der Waals surface area (Å²) in [6.07, 6.45) is 4.68. The van der Waals surface area contributed by atoms with Crippen LogP contribution in [0, 0.1) is 5.82 Å². The molecule has 0 aliphatic rings. The van der Waals surface area contributed by atoms with Crippen LogP contribution < -0.4 is 0 Å². The van der Waals surface area contributed by atoms with E-state index in [1.807, 2.05) is 6.92 Å². The molecule has 2 heterocycles. The third-order valence-corrected chi connectivity index (χ3v) is 2.46. The third kappa shape index (κ3) is 1.81. The van der Waals surface area contributed by atoms with E-state index in [9.17, 15) is 9.50 Å². The number of nitrogens with zero attached hydrogens (tertiary/aromatic N) is 3. The van der Waals surface area contributed by atoms with Gasteiger partial charge >= 0.3 is 0 Å². The number of aliphatic hydroxyl groups is 1. The van der Waals surface area contributed by atoms with Crippen molar-refractivity contribution in [1.82, 2.24) is 14.5 Å². The van der Waals surface area contributed by atoms with Crippen LogP contribution in [0.25, 0.3) is 0 Å². The van der Waals surface area contributed by atoms with Crippen molar-refractivity contribution < 1.29 is 9.50 Å². The van der Waals surface area contributed by atoms with Gasteiger partial charge in [0, 0.05) is 18.3 Å². The summed E-state index contributed by atoms with van der Waals surface area (Å²) in [6, 6.07) is 1.47. The molecule has 1 N–H and O–H groups in total. The highest BCUT2D eigenvalue weighted by molar-refractivity contribution is 5.24. The molecule has 1 unspecified atom stereocenters. The lowest BCUT2D eigenvalue weighted by Gasteiger charge is -2.13. The van der Waals surface area contributed by atoms with E-state index in [0.717, 1.165) is 6.20 Å². The Morgan fingerprint density at radius 1 is 1.44 bits per heavy atom. The first-order chi connectivity index (χ1) is 7.74. The molecule has 16 heavy (non-hydrogen) atoms. The first-order valence-corrected chi connectivity index (χ1v) is 5.01. The highest BCUT2D eigenvalue weighted by atomic mass is 19.1. The smallest absolute Gasteiger partial charge is 0.147 e. The van der Waals surface area contributed by atoms with Crippen molar-refractivity contribution in [2.24, 2.45) is 0 Å². The second-order valence-corrected chi connectivity index (χ2v) is 3.40. The maximum Gasteiger partial charge on any atom is 0.147 e. The fourth-order valence-electron chi connectivity index (χ4n) is 1.59. The zero-order valence-corrected chi connectivity index (χ0v) is 8.84. The van der Waals surface area contributed by atoms with Gasteiger partial charge in [-0.05, 0) is 13.0 Å². The SMILES string of the molecule is CCn1cncc1C(O)c1ccncc1F. The molecule has 2 aromatic heterocycles. The van der Waals surface area contributed by atoms with Gasteiger partial charge in [0.1, 0.15) is 11.9 Å². The van der Waals surface area contributed by atoms with Gasteiger partial charge in [0.2, 0.25) is 0 Å². The van der Waals surface area contributed by atoms with Gasteiger partial charge in [-0.15, -0.1) is 0 Å². The Morgan fingerprint density at radius 3 is 2.94 bits per heavy atom. The van der Waals surface area contributed by atoms with Crippen LogP contribution in [-0.2, 0) is 6.54 Å². The largest absolute Gasteiger partial charge is 0.382 e. The number of pyridine rings is 1. The lowest BCUT2D eigenvalue weighted by atomic mass is 10.1. The Morgan fingerprint density at radius 2 is 2.25 bits per heavy atom. The summed E-state index contributed by atoms with van der Waals surface area (Å²) in [5.74, 6) is -0.515.